The number of nitrogens with zero attached hydrogens (tertiary/aromatic N) is 1. The van der Waals surface area contributed by atoms with Crippen LogP contribution in [0.25, 0.3) is 6.08 Å². The van der Waals surface area contributed by atoms with E-state index in [1.807, 2.05) is 18.2 Å². The third-order valence-electron chi connectivity index (χ3n) is 4.37. The molecule has 8 nitrogen and oxygen atoms in total. The zero-order valence-electron chi connectivity index (χ0n) is 16.3. The Morgan fingerprint density at radius 1 is 1.26 bits per heavy atom. The summed E-state index contributed by atoms with van der Waals surface area (Å²) in [6.45, 7) is 0.0823. The largest absolute Gasteiger partial charge is 0.507 e. The van der Waals surface area contributed by atoms with Crippen LogP contribution in [-0.2, 0) is 9.59 Å². The highest BCUT2D eigenvalue weighted by molar-refractivity contribution is 8.26. The van der Waals surface area contributed by atoms with E-state index in [0.29, 0.717) is 15.0 Å². The molecule has 1 saturated heterocycles. The highest BCUT2D eigenvalue weighted by Crippen LogP contribution is 2.34. The number of rotatable bonds is 7. The number of aromatic hydroxyl groups is 1. The minimum absolute atomic E-state index is 0.0319. The second-order valence-corrected chi connectivity index (χ2v) is 8.09. The molecule has 10 heteroatoms. The summed E-state index contributed by atoms with van der Waals surface area (Å²) in [5.41, 5.74) is 0.721. The van der Waals surface area contributed by atoms with Gasteiger partial charge in [0.25, 0.3) is 5.91 Å². The average Bonchev–Trinajstić information content (AvgIpc) is 2.99. The van der Waals surface area contributed by atoms with E-state index in [2.05, 4.69) is 5.32 Å². The van der Waals surface area contributed by atoms with Gasteiger partial charge in [-0.2, -0.15) is 0 Å². The fourth-order valence-electron chi connectivity index (χ4n) is 2.85. The van der Waals surface area contributed by atoms with Crippen LogP contribution in [0.1, 0.15) is 22.3 Å². The van der Waals surface area contributed by atoms with E-state index in [9.17, 15) is 19.5 Å². The third kappa shape index (κ3) is 5.22. The first-order valence-corrected chi connectivity index (χ1v) is 10.3. The Kier molecular flexibility index (Phi) is 6.93. The highest BCUT2D eigenvalue weighted by atomic mass is 32.2. The lowest BCUT2D eigenvalue weighted by atomic mass is 10.2. The standard InChI is InChI=1S/C21H18N2O6S2/c1-29-16-5-3-2-4-12(16)10-17-19(26)23(21(30)31-17)9-8-18(25)22-13-6-7-14(20(27)28)15(24)11-13/h2-7,10-11,24H,8-9H2,1H3,(H,22,25)(H,27,28)/b17-10+. The molecule has 1 aliphatic heterocycles. The summed E-state index contributed by atoms with van der Waals surface area (Å²) in [7, 11) is 1.55. The van der Waals surface area contributed by atoms with Crippen LogP contribution in [0.15, 0.2) is 47.4 Å². The van der Waals surface area contributed by atoms with Crippen molar-refractivity contribution in [3.8, 4) is 11.5 Å². The average molecular weight is 459 g/mol. The Morgan fingerprint density at radius 3 is 2.68 bits per heavy atom. The molecule has 3 rings (SSSR count). The summed E-state index contributed by atoms with van der Waals surface area (Å²) in [4.78, 5) is 37.7. The number of anilines is 1. The van der Waals surface area contributed by atoms with Crippen molar-refractivity contribution in [1.82, 2.24) is 4.90 Å². The molecule has 3 N–H and O–H groups in total. The SMILES string of the molecule is COc1ccccc1/C=C1/SC(=S)N(CCC(=O)Nc2ccc(C(=O)O)c(O)c2)C1=O. The molecule has 1 aliphatic rings. The number of hydrogen-bond acceptors (Lipinski definition) is 7. The first-order valence-electron chi connectivity index (χ1n) is 9.04. The number of carbonyl (C=O) groups excluding carboxylic acids is 2. The van der Waals surface area contributed by atoms with Gasteiger partial charge in [0.15, 0.2) is 0 Å². The molecule has 0 aliphatic carbocycles. The minimum atomic E-state index is -1.27. The third-order valence-corrected chi connectivity index (χ3v) is 5.75. The number of hydrogen-bond donors (Lipinski definition) is 3. The van der Waals surface area contributed by atoms with Gasteiger partial charge in [-0.3, -0.25) is 14.5 Å². The predicted molar refractivity (Wildman–Crippen MR) is 121 cm³/mol. The molecular formula is C21H18N2O6S2. The second-order valence-electron chi connectivity index (χ2n) is 6.41. The number of carboxylic acid groups (broad SMARTS) is 1. The number of para-hydroxylation sites is 1. The molecule has 0 spiro atoms. The van der Waals surface area contributed by atoms with Crippen molar-refractivity contribution in [3.63, 3.8) is 0 Å². The molecule has 0 unspecified atom stereocenters. The van der Waals surface area contributed by atoms with Gasteiger partial charge < -0.3 is 20.3 Å². The van der Waals surface area contributed by atoms with E-state index < -0.39 is 17.6 Å². The number of carbonyl (C=O) groups is 3. The molecule has 1 heterocycles. The van der Waals surface area contributed by atoms with Crippen molar-refractivity contribution in [2.24, 2.45) is 0 Å². The Morgan fingerprint density at radius 2 is 2.00 bits per heavy atom. The lowest BCUT2D eigenvalue weighted by molar-refractivity contribution is -0.122. The van der Waals surface area contributed by atoms with Crippen LogP contribution in [-0.4, -0.2) is 50.9 Å². The lowest BCUT2D eigenvalue weighted by Gasteiger charge is -2.14. The summed E-state index contributed by atoms with van der Waals surface area (Å²) >= 11 is 6.44. The first-order chi connectivity index (χ1) is 14.8. The minimum Gasteiger partial charge on any atom is -0.507 e. The van der Waals surface area contributed by atoms with E-state index in [0.717, 1.165) is 23.4 Å². The van der Waals surface area contributed by atoms with Crippen molar-refractivity contribution in [1.29, 1.82) is 0 Å². The molecule has 160 valence electrons. The van der Waals surface area contributed by atoms with Gasteiger partial charge >= 0.3 is 5.97 Å². The molecule has 0 atom stereocenters. The Labute approximate surface area is 187 Å². The van der Waals surface area contributed by atoms with Crippen LogP contribution < -0.4 is 10.1 Å². The van der Waals surface area contributed by atoms with Gasteiger partial charge in [0.1, 0.15) is 21.4 Å². The van der Waals surface area contributed by atoms with Crippen molar-refractivity contribution in [2.75, 3.05) is 19.0 Å². The fraction of sp³-hybridized carbons (Fsp3) is 0.143. The van der Waals surface area contributed by atoms with Crippen LogP contribution in [0.4, 0.5) is 5.69 Å². The molecule has 0 aromatic heterocycles. The van der Waals surface area contributed by atoms with Gasteiger partial charge in [-0.25, -0.2) is 4.79 Å². The van der Waals surface area contributed by atoms with Gasteiger partial charge in [0, 0.05) is 30.3 Å². The highest BCUT2D eigenvalue weighted by Gasteiger charge is 2.32. The first kappa shape index (κ1) is 22.3. The maximum atomic E-state index is 12.7. The maximum absolute atomic E-state index is 12.7. The van der Waals surface area contributed by atoms with Crippen LogP contribution in [0, 0.1) is 0 Å². The number of amides is 2. The van der Waals surface area contributed by atoms with Crippen molar-refractivity contribution in [2.45, 2.75) is 6.42 Å². The van der Waals surface area contributed by atoms with Crippen LogP contribution in [0.3, 0.4) is 0 Å². The number of benzene rings is 2. The number of aromatic carboxylic acids is 1. The molecular weight excluding hydrogens is 440 g/mol. The van der Waals surface area contributed by atoms with Crippen molar-refractivity contribution < 1.29 is 29.3 Å². The van der Waals surface area contributed by atoms with E-state index >= 15 is 0 Å². The lowest BCUT2D eigenvalue weighted by Crippen LogP contribution is -2.31. The summed E-state index contributed by atoms with van der Waals surface area (Å²) in [6, 6.07) is 11.0. The Hall–Kier alpha value is -3.37. The quantitative estimate of drug-likeness (QED) is 0.427. The predicted octanol–water partition coefficient (Wildman–Crippen LogP) is 3.33. The van der Waals surface area contributed by atoms with E-state index in [1.54, 1.807) is 19.3 Å². The molecule has 0 radical (unpaired) electrons. The van der Waals surface area contributed by atoms with E-state index in [4.69, 9.17) is 22.1 Å². The molecule has 1 fully saturated rings. The zero-order chi connectivity index (χ0) is 22.5. The summed E-state index contributed by atoms with van der Waals surface area (Å²) in [5, 5.41) is 21.2. The van der Waals surface area contributed by atoms with Crippen LogP contribution in [0.5, 0.6) is 11.5 Å². The Balaban J connectivity index is 1.63. The number of phenols is 1. The number of ether oxygens (including phenoxy) is 1. The van der Waals surface area contributed by atoms with Gasteiger partial charge in [0.05, 0.1) is 12.0 Å². The van der Waals surface area contributed by atoms with Crippen molar-refractivity contribution >= 4 is 57.8 Å². The molecule has 0 saturated carbocycles. The number of thiocarbonyl (C=S) groups is 1. The molecule has 2 aromatic rings. The molecule has 2 amide bonds. The van der Waals surface area contributed by atoms with Crippen molar-refractivity contribution in [3.05, 3.63) is 58.5 Å². The fourth-order valence-corrected chi connectivity index (χ4v) is 4.15. The second kappa shape index (κ2) is 9.63. The number of methoxy groups -OCH3 is 1. The van der Waals surface area contributed by atoms with Gasteiger partial charge in [-0.1, -0.05) is 42.2 Å². The Bertz CT molecular complexity index is 1100. The van der Waals surface area contributed by atoms with Crippen LogP contribution >= 0.6 is 24.0 Å². The normalized spacial score (nSPS) is 14.7. The van der Waals surface area contributed by atoms with Crippen LogP contribution in [0.2, 0.25) is 0 Å². The van der Waals surface area contributed by atoms with Gasteiger partial charge in [-0.15, -0.1) is 0 Å². The van der Waals surface area contributed by atoms with E-state index in [1.165, 1.54) is 17.0 Å². The van der Waals surface area contributed by atoms with Gasteiger partial charge in [0.2, 0.25) is 5.91 Å². The number of nitrogens with one attached hydrogen (secondary N) is 1. The molecule has 2 aromatic carbocycles. The summed E-state index contributed by atoms with van der Waals surface area (Å²) < 4.78 is 5.64. The molecule has 0 bridgehead atoms. The smallest absolute Gasteiger partial charge is 0.339 e. The molecule has 31 heavy (non-hydrogen) atoms. The van der Waals surface area contributed by atoms with E-state index in [-0.39, 0.29) is 30.1 Å². The summed E-state index contributed by atoms with van der Waals surface area (Å²) in [6.07, 6.45) is 1.67. The number of thioether (sulfide) groups is 1. The topological polar surface area (TPSA) is 116 Å². The van der Waals surface area contributed by atoms with Gasteiger partial charge in [-0.05, 0) is 24.3 Å². The zero-order valence-corrected chi connectivity index (χ0v) is 18.0. The maximum Gasteiger partial charge on any atom is 0.339 e. The number of carboxylic acids is 1. The monoisotopic (exact) mass is 458 g/mol. The summed E-state index contributed by atoms with van der Waals surface area (Å²) in [5.74, 6) is -1.80.